The summed E-state index contributed by atoms with van der Waals surface area (Å²) in [4.78, 5) is 98.2. The number of nitrogens with zero attached hydrogens (tertiary/aromatic N) is 9. The number of benzene rings is 4. The Hall–Kier alpha value is -8.88. The summed E-state index contributed by atoms with van der Waals surface area (Å²) in [7, 11) is -7.75. The van der Waals surface area contributed by atoms with Crippen molar-refractivity contribution < 1.29 is 64.6 Å². The smallest absolute Gasteiger partial charge is 0.416 e. The molecular formula is C69H80BrN9O14S2. The van der Waals surface area contributed by atoms with Crippen LogP contribution in [0.1, 0.15) is 96.2 Å². The van der Waals surface area contributed by atoms with E-state index in [1.165, 1.54) is 47.9 Å². The summed E-state index contributed by atoms with van der Waals surface area (Å²) in [6, 6.07) is 35.0. The Morgan fingerprint density at radius 1 is 0.558 bits per heavy atom. The van der Waals surface area contributed by atoms with Crippen molar-refractivity contribution in [2.45, 2.75) is 123 Å². The molecule has 10 rings (SSSR count). The van der Waals surface area contributed by atoms with Crippen molar-refractivity contribution >= 4 is 99.9 Å². The van der Waals surface area contributed by atoms with Gasteiger partial charge in [0.25, 0.3) is 20.0 Å². The highest BCUT2D eigenvalue weighted by atomic mass is 79.9. The van der Waals surface area contributed by atoms with Gasteiger partial charge in [-0.3, -0.25) is 19.3 Å². The van der Waals surface area contributed by atoms with Gasteiger partial charge < -0.3 is 28.7 Å². The van der Waals surface area contributed by atoms with Gasteiger partial charge in [0.2, 0.25) is 0 Å². The second-order valence-electron chi connectivity index (χ2n) is 25.2. The van der Waals surface area contributed by atoms with Gasteiger partial charge in [-0.1, -0.05) is 139 Å². The minimum Gasteiger partial charge on any atom is -0.460 e. The minimum absolute atomic E-state index is 0.0238. The fourth-order valence-corrected chi connectivity index (χ4v) is 13.7. The third-order valence-corrected chi connectivity index (χ3v) is 19.6. The number of aryl methyl sites for hydroxylation is 2. The van der Waals surface area contributed by atoms with Crippen molar-refractivity contribution in [3.05, 3.63) is 174 Å². The largest absolute Gasteiger partial charge is 0.460 e. The molecule has 8 aromatic rings. The average Bonchev–Trinajstić information content (AvgIpc) is 1.68. The number of Topliss-reactive ketones (excluding diaryl/α,β-unsaturated/α-hetero) is 2. The molecule has 0 N–H and O–H groups in total. The van der Waals surface area contributed by atoms with Crippen molar-refractivity contribution in [2.24, 2.45) is 23.7 Å². The molecule has 95 heavy (non-hydrogen) atoms. The molecule has 23 nitrogen and oxygen atoms in total. The van der Waals surface area contributed by atoms with Crippen LogP contribution in [-0.4, -0.2) is 140 Å². The van der Waals surface area contributed by atoms with E-state index in [-0.39, 0.29) is 101 Å². The van der Waals surface area contributed by atoms with Crippen molar-refractivity contribution in [2.75, 3.05) is 43.0 Å². The summed E-state index contributed by atoms with van der Waals surface area (Å²) in [5.74, 6) is -1.02. The summed E-state index contributed by atoms with van der Waals surface area (Å²) in [5.41, 5.74) is 3.55. The van der Waals surface area contributed by atoms with Gasteiger partial charge in [0.15, 0.2) is 22.9 Å². The number of anilines is 1. The van der Waals surface area contributed by atoms with E-state index >= 15 is 0 Å². The molecule has 0 unspecified atom stereocenters. The zero-order chi connectivity index (χ0) is 69.0. The van der Waals surface area contributed by atoms with Crippen LogP contribution in [-0.2, 0) is 73.0 Å². The van der Waals surface area contributed by atoms with E-state index in [1.807, 2.05) is 81.4 Å². The highest BCUT2D eigenvalue weighted by molar-refractivity contribution is 9.09. The number of hydrogen-bond acceptors (Lipinski definition) is 18. The predicted octanol–water partition coefficient (Wildman–Crippen LogP) is 11.7. The standard InChI is InChI=1S/C34H39N5O7S.C19H21N3O4S.C16H20BrNO3/c1-6-25-19-37(32(41)45-22-24-10-8-7-9-11-24)20-27(25)29(40)21-38(33(42)46-34(3,4)5)30-18-35-31-28(36-30)16-17-39(31)47(43,44)26-14-12-23(2)13-15-26;1-13-5-7-15(8-6-13)27(24,25)22-10-9-16-18(22)20-12-14(21-16)11-17(23)26-19(2,3)4;1-2-13-9-18(10-14(13)15(19)8-17)16(20)21-11-12-6-4-3-5-7-12/h7-18,25,27H,6,19-22H2,1-5H3;5-10,12H,11H2,1-4H3;3-7,13-14H,2,8-11H2,1H3/t25-,27+;;13-,14+/m1.1/s1. The first-order chi connectivity index (χ1) is 45.0. The zero-order valence-electron chi connectivity index (χ0n) is 54.9. The second kappa shape index (κ2) is 31.1. The number of esters is 1. The molecule has 6 heterocycles. The zero-order valence-corrected chi connectivity index (χ0v) is 58.1. The number of likely N-dealkylation sites (tertiary alicyclic amines) is 2. The van der Waals surface area contributed by atoms with Crippen LogP contribution >= 0.6 is 15.9 Å². The summed E-state index contributed by atoms with van der Waals surface area (Å²) >= 11 is 3.22. The van der Waals surface area contributed by atoms with Crippen LogP contribution in [0.2, 0.25) is 0 Å². The van der Waals surface area contributed by atoms with Crippen molar-refractivity contribution in [1.29, 1.82) is 0 Å². The number of hydrogen-bond donors (Lipinski definition) is 0. The first kappa shape index (κ1) is 72.0. The number of fused-ring (bicyclic) bond motifs is 2. The van der Waals surface area contributed by atoms with E-state index in [0.717, 1.165) is 41.5 Å². The van der Waals surface area contributed by atoms with E-state index in [4.69, 9.17) is 18.9 Å². The molecule has 2 aliphatic rings. The molecule has 4 atom stereocenters. The van der Waals surface area contributed by atoms with Gasteiger partial charge in [0, 0.05) is 50.4 Å². The molecule has 504 valence electrons. The van der Waals surface area contributed by atoms with Gasteiger partial charge in [-0.25, -0.2) is 59.1 Å². The fourth-order valence-electron chi connectivity index (χ4n) is 10.7. The Labute approximate surface area is 562 Å². The summed E-state index contributed by atoms with van der Waals surface area (Å²) in [5, 5.41) is 0.348. The van der Waals surface area contributed by atoms with Gasteiger partial charge in [-0.15, -0.1) is 0 Å². The molecule has 0 saturated carbocycles. The number of ether oxygens (including phenoxy) is 4. The van der Waals surface area contributed by atoms with E-state index < -0.39 is 55.3 Å². The highest BCUT2D eigenvalue weighted by Gasteiger charge is 2.42. The Bertz CT molecular complexity index is 4250. The average molecular weight is 1400 g/mol. The van der Waals surface area contributed by atoms with E-state index in [9.17, 15) is 45.6 Å². The second-order valence-corrected chi connectivity index (χ2v) is 29.4. The van der Waals surface area contributed by atoms with Crippen LogP contribution in [0, 0.1) is 37.5 Å². The number of carbonyl (C=O) groups is 6. The van der Waals surface area contributed by atoms with Crippen molar-refractivity contribution in [3.8, 4) is 0 Å². The van der Waals surface area contributed by atoms with E-state index in [1.54, 1.807) is 88.9 Å². The first-order valence-electron chi connectivity index (χ1n) is 31.0. The number of alkyl halides is 1. The number of halogens is 1. The van der Waals surface area contributed by atoms with Crippen LogP contribution in [0.5, 0.6) is 0 Å². The maximum atomic E-state index is 13.8. The summed E-state index contributed by atoms with van der Waals surface area (Å²) in [6.07, 6.45) is 5.26. The van der Waals surface area contributed by atoms with Crippen LogP contribution in [0.15, 0.2) is 156 Å². The molecular weight excluding hydrogens is 1320 g/mol. The normalized spacial score (nSPS) is 16.5. The first-order valence-corrected chi connectivity index (χ1v) is 35.0. The predicted molar refractivity (Wildman–Crippen MR) is 360 cm³/mol. The molecule has 3 amide bonds. The molecule has 0 spiro atoms. The Morgan fingerprint density at radius 3 is 1.42 bits per heavy atom. The van der Waals surface area contributed by atoms with Gasteiger partial charge >= 0.3 is 24.2 Å². The lowest BCUT2D eigenvalue weighted by atomic mass is 9.90. The molecule has 2 saturated heterocycles. The number of aromatic nitrogens is 6. The third-order valence-electron chi connectivity index (χ3n) is 15.7. The molecule has 0 aliphatic carbocycles. The van der Waals surface area contributed by atoms with Crippen LogP contribution < -0.4 is 4.90 Å². The third kappa shape index (κ3) is 18.7. The van der Waals surface area contributed by atoms with E-state index in [2.05, 4.69) is 42.8 Å². The van der Waals surface area contributed by atoms with Crippen molar-refractivity contribution in [1.82, 2.24) is 37.7 Å². The minimum atomic E-state index is -3.97. The lowest BCUT2D eigenvalue weighted by Crippen LogP contribution is -2.43. The fraction of sp³-hybridized carbons (Fsp3) is 0.391. The van der Waals surface area contributed by atoms with Gasteiger partial charge in [-0.05, 0) is 115 Å². The Balaban J connectivity index is 0.000000202. The number of carbonyl (C=O) groups excluding carboxylic acids is 6. The van der Waals surface area contributed by atoms with Crippen LogP contribution in [0.4, 0.5) is 20.2 Å². The van der Waals surface area contributed by atoms with Crippen LogP contribution in [0.25, 0.3) is 22.3 Å². The maximum absolute atomic E-state index is 13.8. The summed E-state index contributed by atoms with van der Waals surface area (Å²) < 4.78 is 76.3. The maximum Gasteiger partial charge on any atom is 0.416 e. The molecule has 26 heteroatoms. The van der Waals surface area contributed by atoms with Crippen molar-refractivity contribution in [3.63, 3.8) is 0 Å². The molecule has 4 aromatic carbocycles. The summed E-state index contributed by atoms with van der Waals surface area (Å²) in [6.45, 7) is 19.8. The number of ketones is 2. The highest BCUT2D eigenvalue weighted by Crippen LogP contribution is 2.32. The van der Waals surface area contributed by atoms with Gasteiger partial charge in [-0.2, -0.15) is 0 Å². The molecule has 2 aliphatic heterocycles. The quantitative estimate of drug-likeness (QED) is 0.0438. The van der Waals surface area contributed by atoms with E-state index in [0.29, 0.717) is 42.6 Å². The monoisotopic (exact) mass is 1400 g/mol. The lowest BCUT2D eigenvalue weighted by molar-refractivity contribution is -0.154. The number of rotatable bonds is 18. The van der Waals surface area contributed by atoms with Gasteiger partial charge in [0.05, 0.1) is 46.2 Å². The lowest BCUT2D eigenvalue weighted by Gasteiger charge is -2.27. The Kier molecular flexibility index (Phi) is 23.6. The van der Waals surface area contributed by atoms with Crippen LogP contribution in [0.3, 0.4) is 0 Å². The number of amides is 3. The SMILES string of the molecule is CC[C@@H]1CN(C(=O)OCc2ccccc2)C[C@@H]1C(=O)CBr.CC[C@@H]1CN(C(=O)OCc2ccccc2)C[C@@H]1C(=O)CN(C(=O)OC(C)(C)C)c1cnc2c(ccn2S(=O)(=O)c2ccc(C)cc2)n1.Cc1ccc(S(=O)(=O)n2ccc3nc(CC(=O)OC(C)(C)C)cnc32)cc1. The molecule has 2 fully saturated rings. The van der Waals surface area contributed by atoms with Gasteiger partial charge in [0.1, 0.15) is 41.2 Å². The molecule has 0 radical (unpaired) electrons. The Morgan fingerprint density at radius 2 is 0.989 bits per heavy atom. The molecule has 4 aromatic heterocycles. The molecule has 0 bridgehead atoms. The topological polar surface area (TPSA) is 279 Å².